The minimum absolute atomic E-state index is 0.0402. The van der Waals surface area contributed by atoms with Crippen LogP contribution in [-0.2, 0) is 6.42 Å². The maximum atomic E-state index is 12.6. The van der Waals surface area contributed by atoms with Gasteiger partial charge in [-0.1, -0.05) is 6.07 Å². The van der Waals surface area contributed by atoms with E-state index in [0.29, 0.717) is 35.6 Å². The zero-order valence-corrected chi connectivity index (χ0v) is 15.3. The van der Waals surface area contributed by atoms with Crippen LogP contribution in [0.15, 0.2) is 30.5 Å². The lowest BCUT2D eigenvalue weighted by Gasteiger charge is -2.12. The lowest BCUT2D eigenvalue weighted by molar-refractivity contribution is 0.0956. The monoisotopic (exact) mass is 367 g/mol. The fraction of sp³-hybridized carbons (Fsp3) is 0.429. The van der Waals surface area contributed by atoms with Crippen LogP contribution in [0.2, 0.25) is 0 Å². The number of anilines is 1. The minimum Gasteiger partial charge on any atom is -0.492 e. The largest absolute Gasteiger partial charge is 0.492 e. The number of fused-ring (bicyclic) bond motifs is 1. The highest BCUT2D eigenvalue weighted by atomic mass is 16.5. The Bertz CT molecular complexity index is 839. The van der Waals surface area contributed by atoms with Gasteiger partial charge in [-0.25, -0.2) is 0 Å². The number of aryl methyl sites for hydroxylation is 1. The van der Waals surface area contributed by atoms with Gasteiger partial charge in [-0.3, -0.25) is 9.59 Å². The molecule has 0 aliphatic heterocycles. The highest BCUT2D eigenvalue weighted by Gasteiger charge is 2.26. The number of Topliss-reactive ketones (excluding diaryl/α,β-unsaturated/α-hetero) is 1. The summed E-state index contributed by atoms with van der Waals surface area (Å²) in [5.74, 6) is 1.34. The number of ketones is 1. The number of amides is 1. The maximum absolute atomic E-state index is 12.6. The molecule has 6 heteroatoms. The van der Waals surface area contributed by atoms with Gasteiger partial charge in [0.05, 0.1) is 11.1 Å². The van der Waals surface area contributed by atoms with Gasteiger partial charge < -0.3 is 20.4 Å². The van der Waals surface area contributed by atoms with Gasteiger partial charge >= 0.3 is 0 Å². The lowest BCUT2D eigenvalue weighted by atomic mass is 9.93. The quantitative estimate of drug-likeness (QED) is 0.626. The molecule has 0 atom stereocenters. The summed E-state index contributed by atoms with van der Waals surface area (Å²) in [7, 11) is 0. The van der Waals surface area contributed by atoms with Crippen LogP contribution in [-0.4, -0.2) is 36.4 Å². The molecule has 0 radical (unpaired) electrons. The predicted molar refractivity (Wildman–Crippen MR) is 104 cm³/mol. The molecule has 0 saturated heterocycles. The molecule has 1 aromatic heterocycles. The van der Waals surface area contributed by atoms with Crippen molar-refractivity contribution in [3.63, 3.8) is 0 Å². The molecule has 0 unspecified atom stereocenters. The predicted octanol–water partition coefficient (Wildman–Crippen LogP) is 3.16. The van der Waals surface area contributed by atoms with E-state index in [1.165, 1.54) is 12.8 Å². The molecule has 3 N–H and O–H groups in total. The van der Waals surface area contributed by atoms with Crippen molar-refractivity contribution in [1.29, 1.82) is 0 Å². The second-order valence-corrected chi connectivity index (χ2v) is 7.31. The van der Waals surface area contributed by atoms with Crippen LogP contribution in [0.5, 0.6) is 5.75 Å². The fourth-order valence-corrected chi connectivity index (χ4v) is 3.44. The van der Waals surface area contributed by atoms with Gasteiger partial charge in [0.2, 0.25) is 0 Å². The number of rotatable bonds is 8. The second kappa shape index (κ2) is 7.96. The topological polar surface area (TPSA) is 83.2 Å². The van der Waals surface area contributed by atoms with E-state index in [4.69, 9.17) is 4.74 Å². The summed E-state index contributed by atoms with van der Waals surface area (Å²) in [4.78, 5) is 27.9. The van der Waals surface area contributed by atoms with Crippen LogP contribution in [0.3, 0.4) is 0 Å². The van der Waals surface area contributed by atoms with Gasteiger partial charge in [0.25, 0.3) is 5.91 Å². The molecule has 2 aliphatic rings. The Balaban J connectivity index is 1.34. The number of benzene rings is 1. The van der Waals surface area contributed by atoms with Crippen molar-refractivity contribution >= 4 is 17.4 Å². The Hall–Kier alpha value is -2.60. The molecule has 6 nitrogen and oxygen atoms in total. The molecule has 0 spiro atoms. The summed E-state index contributed by atoms with van der Waals surface area (Å²) in [6.45, 7) is 2.47. The minimum atomic E-state index is -0.272. The van der Waals surface area contributed by atoms with Crippen molar-refractivity contribution in [3.05, 3.63) is 47.3 Å². The van der Waals surface area contributed by atoms with E-state index in [2.05, 4.69) is 15.6 Å². The standard InChI is InChI=1S/C21H25N3O3/c25-19-6-2-5-18-20(19)17(13-23-18)21(26)24-15-3-1-4-16(11-15)27-10-9-22-12-14-7-8-14/h1,3-4,11,13-14,22-23H,2,5-10,12H2,(H,24,26). The van der Waals surface area contributed by atoms with E-state index in [9.17, 15) is 9.59 Å². The summed E-state index contributed by atoms with van der Waals surface area (Å²) in [5, 5.41) is 6.26. The van der Waals surface area contributed by atoms with Crippen LogP contribution in [0.4, 0.5) is 5.69 Å². The van der Waals surface area contributed by atoms with Gasteiger partial charge in [-0.2, -0.15) is 0 Å². The molecule has 2 aliphatic carbocycles. The zero-order valence-electron chi connectivity index (χ0n) is 15.3. The van der Waals surface area contributed by atoms with E-state index in [-0.39, 0.29) is 11.7 Å². The lowest BCUT2D eigenvalue weighted by Crippen LogP contribution is -2.23. The highest BCUT2D eigenvalue weighted by Crippen LogP contribution is 2.27. The van der Waals surface area contributed by atoms with E-state index in [1.807, 2.05) is 18.2 Å². The van der Waals surface area contributed by atoms with Gasteiger partial charge in [-0.05, 0) is 50.3 Å². The van der Waals surface area contributed by atoms with Crippen molar-refractivity contribution in [1.82, 2.24) is 10.3 Å². The number of aromatic amines is 1. The van der Waals surface area contributed by atoms with E-state index >= 15 is 0 Å². The van der Waals surface area contributed by atoms with E-state index < -0.39 is 0 Å². The summed E-state index contributed by atoms with van der Waals surface area (Å²) in [6, 6.07) is 7.34. The number of hydrogen-bond donors (Lipinski definition) is 3. The van der Waals surface area contributed by atoms with E-state index in [0.717, 1.165) is 37.5 Å². The average Bonchev–Trinajstić information content (AvgIpc) is 3.38. The zero-order chi connectivity index (χ0) is 18.6. The summed E-state index contributed by atoms with van der Waals surface area (Å²) >= 11 is 0. The summed E-state index contributed by atoms with van der Waals surface area (Å²) in [5.41, 5.74) is 2.49. The molecule has 1 heterocycles. The number of carbonyl (C=O) groups is 2. The number of nitrogens with one attached hydrogen (secondary N) is 3. The smallest absolute Gasteiger partial charge is 0.257 e. The molecule has 4 rings (SSSR count). The molecule has 0 bridgehead atoms. The van der Waals surface area contributed by atoms with Crippen LogP contribution < -0.4 is 15.4 Å². The molecule has 1 saturated carbocycles. The first-order valence-corrected chi connectivity index (χ1v) is 9.69. The Morgan fingerprint density at radius 2 is 2.15 bits per heavy atom. The van der Waals surface area contributed by atoms with Gasteiger partial charge in [0.15, 0.2) is 5.78 Å². The van der Waals surface area contributed by atoms with Crippen molar-refractivity contribution < 1.29 is 14.3 Å². The molecule has 1 fully saturated rings. The van der Waals surface area contributed by atoms with Gasteiger partial charge in [0.1, 0.15) is 12.4 Å². The Kier molecular flexibility index (Phi) is 5.25. The third-order valence-corrected chi connectivity index (χ3v) is 5.09. The number of aromatic nitrogens is 1. The van der Waals surface area contributed by atoms with Crippen molar-refractivity contribution in [2.75, 3.05) is 25.0 Å². The number of H-pyrrole nitrogens is 1. The maximum Gasteiger partial charge on any atom is 0.257 e. The van der Waals surface area contributed by atoms with Gasteiger partial charge in [-0.15, -0.1) is 0 Å². The molecular weight excluding hydrogens is 342 g/mol. The van der Waals surface area contributed by atoms with Gasteiger partial charge in [0, 0.05) is 36.6 Å². The number of carbonyl (C=O) groups excluding carboxylic acids is 2. The Morgan fingerprint density at radius 3 is 3.00 bits per heavy atom. The molecule has 1 amide bonds. The third-order valence-electron chi connectivity index (χ3n) is 5.09. The van der Waals surface area contributed by atoms with Crippen molar-refractivity contribution in [3.8, 4) is 5.75 Å². The van der Waals surface area contributed by atoms with Crippen molar-refractivity contribution in [2.24, 2.45) is 5.92 Å². The van der Waals surface area contributed by atoms with Crippen LogP contribution >= 0.6 is 0 Å². The van der Waals surface area contributed by atoms with Crippen LogP contribution in [0, 0.1) is 5.92 Å². The Labute approximate surface area is 158 Å². The molecule has 2 aromatic rings. The highest BCUT2D eigenvalue weighted by molar-refractivity contribution is 6.13. The molecule has 142 valence electrons. The molecule has 1 aromatic carbocycles. The first-order valence-electron chi connectivity index (χ1n) is 9.69. The fourth-order valence-electron chi connectivity index (χ4n) is 3.44. The molecular formula is C21H25N3O3. The first kappa shape index (κ1) is 17.8. The molecule has 27 heavy (non-hydrogen) atoms. The SMILES string of the molecule is O=C(Nc1cccc(OCCNCC2CC2)c1)c1c[nH]c2c1C(=O)CCC2. The van der Waals surface area contributed by atoms with E-state index in [1.54, 1.807) is 12.3 Å². The number of ether oxygens (including phenoxy) is 1. The van der Waals surface area contributed by atoms with Crippen molar-refractivity contribution in [2.45, 2.75) is 32.1 Å². The first-order chi connectivity index (χ1) is 13.2. The summed E-state index contributed by atoms with van der Waals surface area (Å²) in [6.07, 6.45) is 6.46. The van der Waals surface area contributed by atoms with Crippen LogP contribution in [0.25, 0.3) is 0 Å². The average molecular weight is 367 g/mol. The number of hydrogen-bond acceptors (Lipinski definition) is 4. The third kappa shape index (κ3) is 4.39. The summed E-state index contributed by atoms with van der Waals surface area (Å²) < 4.78 is 5.75. The van der Waals surface area contributed by atoms with Crippen LogP contribution in [0.1, 0.15) is 52.1 Å². The second-order valence-electron chi connectivity index (χ2n) is 7.31. The normalized spacial score (nSPS) is 16.1. The Morgan fingerprint density at radius 1 is 1.26 bits per heavy atom.